The Hall–Kier alpha value is -3.75. The summed E-state index contributed by atoms with van der Waals surface area (Å²) in [4.78, 5) is 24.0. The molecule has 3 rings (SSSR count). The van der Waals surface area contributed by atoms with E-state index in [2.05, 4.69) is 0 Å². The highest BCUT2D eigenvalue weighted by atomic mass is 19.4. The quantitative estimate of drug-likeness (QED) is 0.198. The lowest BCUT2D eigenvalue weighted by Gasteiger charge is -2.18. The average Bonchev–Trinajstić information content (AvgIpc) is 2.82. The van der Waals surface area contributed by atoms with E-state index < -0.39 is 30.1 Å². The van der Waals surface area contributed by atoms with Crippen LogP contribution in [0.1, 0.15) is 27.9 Å². The molecule has 0 spiro atoms. The lowest BCUT2D eigenvalue weighted by molar-refractivity contribution is -0.268. The topological polar surface area (TPSA) is 52.6 Å². The van der Waals surface area contributed by atoms with Gasteiger partial charge in [-0.3, -0.25) is 9.59 Å². The van der Waals surface area contributed by atoms with Gasteiger partial charge in [-0.25, -0.2) is 0 Å². The standard InChI is InChI=1S/C25H19F5O4/c26-24(27,25(28,29)30)23(32)14-22(31)19-11-20(33-15-17-7-3-1-4-8-17)13-21(12-19)34-16-18-9-5-2-6-10-18/h1-13H,14-16H2. The highest BCUT2D eigenvalue weighted by Crippen LogP contribution is 2.37. The Kier molecular flexibility index (Phi) is 7.65. The molecular weight excluding hydrogens is 459 g/mol. The number of benzene rings is 3. The summed E-state index contributed by atoms with van der Waals surface area (Å²) in [6.45, 7) is 0.198. The second kappa shape index (κ2) is 10.5. The predicted molar refractivity (Wildman–Crippen MR) is 113 cm³/mol. The minimum absolute atomic E-state index is 0.0989. The molecule has 34 heavy (non-hydrogen) atoms. The molecule has 3 aromatic rings. The van der Waals surface area contributed by atoms with Crippen molar-refractivity contribution in [3.63, 3.8) is 0 Å². The maximum absolute atomic E-state index is 13.3. The van der Waals surface area contributed by atoms with Gasteiger partial charge in [0.25, 0.3) is 0 Å². The van der Waals surface area contributed by atoms with Gasteiger partial charge >= 0.3 is 12.1 Å². The number of Topliss-reactive ketones (excluding diaryl/α,β-unsaturated/α-hetero) is 2. The highest BCUT2D eigenvalue weighted by molar-refractivity contribution is 6.10. The number of carbonyl (C=O) groups excluding carboxylic acids is 2. The third-order valence-corrected chi connectivity index (χ3v) is 4.73. The molecule has 0 unspecified atom stereocenters. The molecule has 0 atom stereocenters. The summed E-state index contributed by atoms with van der Waals surface area (Å²) in [5.41, 5.74) is 1.30. The van der Waals surface area contributed by atoms with Gasteiger partial charge in [0.15, 0.2) is 5.78 Å². The van der Waals surface area contributed by atoms with Crippen molar-refractivity contribution in [1.29, 1.82) is 0 Å². The van der Waals surface area contributed by atoms with Gasteiger partial charge < -0.3 is 9.47 Å². The summed E-state index contributed by atoms with van der Waals surface area (Å²) in [7, 11) is 0. The molecule has 9 heteroatoms. The summed E-state index contributed by atoms with van der Waals surface area (Å²) in [6, 6.07) is 21.7. The first-order chi connectivity index (χ1) is 16.1. The number of halogens is 5. The lowest BCUT2D eigenvalue weighted by Crippen LogP contribution is -2.44. The minimum atomic E-state index is -6.09. The van der Waals surface area contributed by atoms with Crippen LogP contribution in [0.4, 0.5) is 22.0 Å². The van der Waals surface area contributed by atoms with Crippen molar-refractivity contribution < 1.29 is 41.0 Å². The first-order valence-electron chi connectivity index (χ1n) is 10.1. The summed E-state index contributed by atoms with van der Waals surface area (Å²) in [6.07, 6.45) is -7.72. The number of hydrogen-bond donors (Lipinski definition) is 0. The van der Waals surface area contributed by atoms with Crippen molar-refractivity contribution in [3.05, 3.63) is 95.6 Å². The molecule has 0 aliphatic heterocycles. The van der Waals surface area contributed by atoms with Gasteiger partial charge in [0.05, 0.1) is 6.42 Å². The van der Waals surface area contributed by atoms with Crippen LogP contribution < -0.4 is 9.47 Å². The Bertz CT molecular complexity index is 1070. The van der Waals surface area contributed by atoms with Gasteiger partial charge in [0.2, 0.25) is 5.78 Å². The van der Waals surface area contributed by atoms with Crippen LogP contribution in [-0.4, -0.2) is 23.7 Å². The molecule has 0 bridgehead atoms. The molecule has 0 aliphatic carbocycles. The zero-order valence-electron chi connectivity index (χ0n) is 17.6. The van der Waals surface area contributed by atoms with Crippen molar-refractivity contribution in [2.75, 3.05) is 0 Å². The molecular formula is C25H19F5O4. The number of rotatable bonds is 10. The molecule has 0 heterocycles. The normalized spacial score (nSPS) is 11.7. The van der Waals surface area contributed by atoms with Crippen LogP contribution in [0.5, 0.6) is 11.5 Å². The van der Waals surface area contributed by atoms with Crippen molar-refractivity contribution >= 4 is 11.6 Å². The molecule has 0 saturated heterocycles. The average molecular weight is 478 g/mol. The van der Waals surface area contributed by atoms with Crippen molar-refractivity contribution in [1.82, 2.24) is 0 Å². The molecule has 0 aliphatic rings. The summed E-state index contributed by atoms with van der Waals surface area (Å²) >= 11 is 0. The van der Waals surface area contributed by atoms with E-state index in [0.29, 0.717) is 0 Å². The fourth-order valence-electron chi connectivity index (χ4n) is 2.90. The van der Waals surface area contributed by atoms with Gasteiger partial charge in [-0.15, -0.1) is 0 Å². The Morgan fingerprint density at radius 2 is 1.12 bits per heavy atom. The zero-order valence-corrected chi connectivity index (χ0v) is 17.6. The molecule has 4 nitrogen and oxygen atoms in total. The second-order valence-corrected chi connectivity index (χ2v) is 7.34. The van der Waals surface area contributed by atoms with E-state index in [-0.39, 0.29) is 30.3 Å². The molecule has 3 aromatic carbocycles. The van der Waals surface area contributed by atoms with E-state index in [1.54, 1.807) is 48.5 Å². The molecule has 0 saturated carbocycles. The summed E-state index contributed by atoms with van der Waals surface area (Å²) in [5, 5.41) is 0. The largest absolute Gasteiger partial charge is 0.489 e. The van der Waals surface area contributed by atoms with Crippen LogP contribution >= 0.6 is 0 Å². The molecule has 0 fully saturated rings. The van der Waals surface area contributed by atoms with E-state index in [4.69, 9.17) is 9.47 Å². The number of hydrogen-bond acceptors (Lipinski definition) is 4. The Labute approximate surface area is 191 Å². The van der Waals surface area contributed by atoms with E-state index in [0.717, 1.165) is 11.1 Å². The fourth-order valence-corrected chi connectivity index (χ4v) is 2.90. The SMILES string of the molecule is O=C(CC(=O)C(F)(F)C(F)(F)F)c1cc(OCc2ccccc2)cc(OCc2ccccc2)c1. The molecule has 0 amide bonds. The maximum atomic E-state index is 13.3. The van der Waals surface area contributed by atoms with Crippen LogP contribution in [-0.2, 0) is 18.0 Å². The van der Waals surface area contributed by atoms with E-state index in [9.17, 15) is 31.5 Å². The summed E-state index contributed by atoms with van der Waals surface area (Å²) < 4.78 is 75.3. The lowest BCUT2D eigenvalue weighted by atomic mass is 10.0. The van der Waals surface area contributed by atoms with Gasteiger partial charge in [0.1, 0.15) is 24.7 Å². The van der Waals surface area contributed by atoms with Gasteiger partial charge in [0, 0.05) is 11.6 Å². The number of alkyl halides is 5. The zero-order chi connectivity index (χ0) is 24.8. The van der Waals surface area contributed by atoms with Crippen LogP contribution in [0.2, 0.25) is 0 Å². The van der Waals surface area contributed by atoms with E-state index in [1.807, 2.05) is 12.1 Å². The molecule has 0 N–H and O–H groups in total. The smallest absolute Gasteiger partial charge is 0.461 e. The number of ether oxygens (including phenoxy) is 2. The van der Waals surface area contributed by atoms with E-state index in [1.165, 1.54) is 18.2 Å². The van der Waals surface area contributed by atoms with Crippen LogP contribution in [0.3, 0.4) is 0 Å². The maximum Gasteiger partial charge on any atom is 0.461 e. The van der Waals surface area contributed by atoms with Crippen LogP contribution in [0.15, 0.2) is 78.9 Å². The Morgan fingerprint density at radius 3 is 1.53 bits per heavy atom. The first-order valence-corrected chi connectivity index (χ1v) is 10.1. The Balaban J connectivity index is 1.82. The number of ketones is 2. The first kappa shape index (κ1) is 24.9. The van der Waals surface area contributed by atoms with Crippen LogP contribution in [0.25, 0.3) is 0 Å². The number of carbonyl (C=O) groups is 2. The highest BCUT2D eigenvalue weighted by Gasteiger charge is 2.62. The molecule has 0 aromatic heterocycles. The van der Waals surface area contributed by atoms with Crippen molar-refractivity contribution in [2.45, 2.75) is 31.7 Å². The van der Waals surface area contributed by atoms with Gasteiger partial charge in [-0.05, 0) is 23.3 Å². The fraction of sp³-hybridized carbons (Fsp3) is 0.200. The van der Waals surface area contributed by atoms with E-state index >= 15 is 0 Å². The molecule has 0 radical (unpaired) electrons. The summed E-state index contributed by atoms with van der Waals surface area (Å²) in [5.74, 6) is -9.15. The van der Waals surface area contributed by atoms with Crippen molar-refractivity contribution in [3.8, 4) is 11.5 Å². The van der Waals surface area contributed by atoms with Crippen molar-refractivity contribution in [2.24, 2.45) is 0 Å². The Morgan fingerprint density at radius 1 is 0.676 bits per heavy atom. The van der Waals surface area contributed by atoms with Gasteiger partial charge in [-0.1, -0.05) is 60.7 Å². The third kappa shape index (κ3) is 6.40. The van der Waals surface area contributed by atoms with Gasteiger partial charge in [-0.2, -0.15) is 22.0 Å². The molecule has 178 valence electrons. The second-order valence-electron chi connectivity index (χ2n) is 7.34. The minimum Gasteiger partial charge on any atom is -0.489 e. The predicted octanol–water partition coefficient (Wildman–Crippen LogP) is 6.18. The third-order valence-electron chi connectivity index (χ3n) is 4.73. The monoisotopic (exact) mass is 478 g/mol. The van der Waals surface area contributed by atoms with Crippen LogP contribution in [0, 0.1) is 0 Å².